The first kappa shape index (κ1) is 21.3. The summed E-state index contributed by atoms with van der Waals surface area (Å²) in [5.74, 6) is 0.658. The molecule has 0 amide bonds. The molecule has 0 radical (unpaired) electrons. The van der Waals surface area contributed by atoms with Gasteiger partial charge in [0, 0.05) is 38.6 Å². The van der Waals surface area contributed by atoms with Crippen LogP contribution in [0.1, 0.15) is 62.1 Å². The van der Waals surface area contributed by atoms with Gasteiger partial charge in [-0.2, -0.15) is 15.0 Å². The van der Waals surface area contributed by atoms with Crippen LogP contribution in [0.25, 0.3) is 0 Å². The van der Waals surface area contributed by atoms with Crippen molar-refractivity contribution in [3.05, 3.63) is 35.4 Å². The molecule has 1 atom stereocenters. The van der Waals surface area contributed by atoms with Crippen LogP contribution in [0.4, 0.5) is 17.8 Å². The molecule has 31 heavy (non-hydrogen) atoms. The average molecular weight is 424 g/mol. The Morgan fingerprint density at radius 3 is 1.90 bits per heavy atom. The summed E-state index contributed by atoms with van der Waals surface area (Å²) in [6.45, 7) is 5.74. The number of aromatic nitrogens is 3. The molecule has 0 saturated carbocycles. The maximum atomic E-state index is 11.4. The average Bonchev–Trinajstić information content (AvgIpc) is 2.80. The van der Waals surface area contributed by atoms with Crippen molar-refractivity contribution in [1.82, 2.24) is 15.0 Å². The number of aryl methyl sites for hydroxylation is 1. The number of anilines is 3. The summed E-state index contributed by atoms with van der Waals surface area (Å²) in [7, 11) is 0. The highest BCUT2D eigenvalue weighted by atomic mass is 16.4. The third kappa shape index (κ3) is 5.62. The molecule has 8 heteroatoms. The van der Waals surface area contributed by atoms with E-state index in [4.69, 9.17) is 15.0 Å². The van der Waals surface area contributed by atoms with Crippen LogP contribution in [0, 0.1) is 6.92 Å². The smallest absolute Gasteiger partial charge is 0.231 e. The molecule has 0 unspecified atom stereocenters. The Labute approximate surface area is 183 Å². The molecule has 2 aliphatic rings. The van der Waals surface area contributed by atoms with Gasteiger partial charge in [0.2, 0.25) is 17.8 Å². The lowest BCUT2D eigenvalue weighted by atomic mass is 10.0. The maximum absolute atomic E-state index is 11.4. The van der Waals surface area contributed by atoms with E-state index in [-0.39, 0.29) is 6.42 Å². The van der Waals surface area contributed by atoms with E-state index < -0.39 is 12.0 Å². The number of carboxylic acids is 1. The van der Waals surface area contributed by atoms with E-state index in [1.165, 1.54) is 12.8 Å². The Kier molecular flexibility index (Phi) is 6.84. The number of carboxylic acid groups (broad SMARTS) is 1. The number of carbonyl (C=O) groups excluding carboxylic acids is 1. The lowest BCUT2D eigenvalue weighted by Crippen LogP contribution is -2.35. The molecule has 3 heterocycles. The van der Waals surface area contributed by atoms with Crippen molar-refractivity contribution in [2.24, 2.45) is 0 Å². The molecule has 8 nitrogen and oxygen atoms in total. The largest absolute Gasteiger partial charge is 0.550 e. The van der Waals surface area contributed by atoms with E-state index in [1.54, 1.807) is 0 Å². The number of aliphatic carboxylic acids is 1. The molecule has 0 bridgehead atoms. The SMILES string of the molecule is Cc1ccc([C@H](CC(=O)[O-])Nc2nc(N3CCCCC3)nc(N3CCCCC3)n2)cc1. The highest BCUT2D eigenvalue weighted by molar-refractivity contribution is 5.66. The third-order valence-corrected chi connectivity index (χ3v) is 6.04. The highest BCUT2D eigenvalue weighted by Gasteiger charge is 2.22. The van der Waals surface area contributed by atoms with E-state index in [9.17, 15) is 9.90 Å². The van der Waals surface area contributed by atoms with Gasteiger partial charge in [-0.05, 0) is 51.0 Å². The van der Waals surface area contributed by atoms with Crippen LogP contribution >= 0.6 is 0 Å². The second-order valence-corrected chi connectivity index (χ2v) is 8.54. The quantitative estimate of drug-likeness (QED) is 0.725. The molecule has 166 valence electrons. The molecule has 0 spiro atoms. The van der Waals surface area contributed by atoms with Crippen molar-refractivity contribution < 1.29 is 9.90 Å². The molecule has 1 aromatic carbocycles. The fourth-order valence-corrected chi connectivity index (χ4v) is 4.26. The number of benzene rings is 1. The zero-order chi connectivity index (χ0) is 21.6. The molecule has 2 aliphatic heterocycles. The van der Waals surface area contributed by atoms with Gasteiger partial charge in [0.25, 0.3) is 0 Å². The molecular weight excluding hydrogens is 392 g/mol. The van der Waals surface area contributed by atoms with Crippen molar-refractivity contribution in [3.63, 3.8) is 0 Å². The lowest BCUT2D eigenvalue weighted by molar-refractivity contribution is -0.306. The van der Waals surface area contributed by atoms with Crippen molar-refractivity contribution in [2.75, 3.05) is 41.3 Å². The lowest BCUT2D eigenvalue weighted by Gasteiger charge is -2.30. The Morgan fingerprint density at radius 1 is 0.903 bits per heavy atom. The number of hydrogen-bond acceptors (Lipinski definition) is 8. The van der Waals surface area contributed by atoms with Gasteiger partial charge in [-0.25, -0.2) is 0 Å². The van der Waals surface area contributed by atoms with Crippen molar-refractivity contribution >= 4 is 23.8 Å². The van der Waals surface area contributed by atoms with Gasteiger partial charge in [-0.3, -0.25) is 0 Å². The summed E-state index contributed by atoms with van der Waals surface area (Å²) in [6, 6.07) is 7.36. The van der Waals surface area contributed by atoms with Crippen LogP contribution in [-0.4, -0.2) is 47.1 Å². The molecule has 2 saturated heterocycles. The van der Waals surface area contributed by atoms with E-state index in [1.807, 2.05) is 31.2 Å². The Morgan fingerprint density at radius 2 is 1.42 bits per heavy atom. The molecule has 1 aromatic heterocycles. The van der Waals surface area contributed by atoms with Gasteiger partial charge in [0.15, 0.2) is 0 Å². The van der Waals surface area contributed by atoms with Gasteiger partial charge < -0.3 is 25.0 Å². The van der Waals surface area contributed by atoms with Gasteiger partial charge in [0.05, 0.1) is 6.04 Å². The van der Waals surface area contributed by atoms with Crippen LogP contribution in [0.5, 0.6) is 0 Å². The first-order valence-corrected chi connectivity index (χ1v) is 11.4. The summed E-state index contributed by atoms with van der Waals surface area (Å²) in [6.07, 6.45) is 6.81. The predicted molar refractivity (Wildman–Crippen MR) is 119 cm³/mol. The summed E-state index contributed by atoms with van der Waals surface area (Å²) in [5.41, 5.74) is 1.99. The fourth-order valence-electron chi connectivity index (χ4n) is 4.26. The predicted octanol–water partition coefficient (Wildman–Crippen LogP) is 2.45. The molecule has 0 aliphatic carbocycles. The minimum atomic E-state index is -1.11. The third-order valence-electron chi connectivity index (χ3n) is 6.04. The number of nitrogens with one attached hydrogen (secondary N) is 1. The number of rotatable bonds is 7. The summed E-state index contributed by atoms with van der Waals surface area (Å²) in [4.78, 5) is 30.1. The zero-order valence-corrected chi connectivity index (χ0v) is 18.2. The number of hydrogen-bond donors (Lipinski definition) is 1. The van der Waals surface area contributed by atoms with Gasteiger partial charge >= 0.3 is 0 Å². The number of nitrogens with zero attached hydrogens (tertiary/aromatic N) is 5. The van der Waals surface area contributed by atoms with Gasteiger partial charge in [-0.15, -0.1) is 0 Å². The number of piperidine rings is 2. The Balaban J connectivity index is 1.65. The Hall–Kier alpha value is -2.90. The molecule has 4 rings (SSSR count). The first-order valence-electron chi connectivity index (χ1n) is 11.4. The standard InChI is InChI=1S/C23H32N6O2/c1-17-8-10-18(11-9-17)19(16-20(30)31)24-21-25-22(28-12-4-2-5-13-28)27-23(26-21)29-14-6-3-7-15-29/h8-11,19H,2-7,12-16H2,1H3,(H,30,31)(H,24,25,26,27)/p-1/t19-/m0/s1. The zero-order valence-electron chi connectivity index (χ0n) is 18.2. The van der Waals surface area contributed by atoms with E-state index in [2.05, 4.69) is 15.1 Å². The van der Waals surface area contributed by atoms with Crippen LogP contribution in [0.2, 0.25) is 0 Å². The summed E-state index contributed by atoms with van der Waals surface area (Å²) in [5, 5.41) is 14.7. The van der Waals surface area contributed by atoms with Gasteiger partial charge in [0.1, 0.15) is 0 Å². The minimum Gasteiger partial charge on any atom is -0.550 e. The highest BCUT2D eigenvalue weighted by Crippen LogP contribution is 2.26. The van der Waals surface area contributed by atoms with Crippen LogP contribution < -0.4 is 20.2 Å². The molecule has 1 N–H and O–H groups in total. The molecule has 2 fully saturated rings. The Bertz CT molecular complexity index is 840. The topological polar surface area (TPSA) is 97.3 Å². The summed E-state index contributed by atoms with van der Waals surface area (Å²) >= 11 is 0. The molecule has 2 aromatic rings. The fraction of sp³-hybridized carbons (Fsp3) is 0.565. The van der Waals surface area contributed by atoms with Crippen LogP contribution in [0.3, 0.4) is 0 Å². The van der Waals surface area contributed by atoms with E-state index in [0.717, 1.165) is 63.0 Å². The number of carbonyl (C=O) groups is 1. The van der Waals surface area contributed by atoms with Crippen molar-refractivity contribution in [3.8, 4) is 0 Å². The van der Waals surface area contributed by atoms with Crippen LogP contribution in [0.15, 0.2) is 24.3 Å². The van der Waals surface area contributed by atoms with Crippen LogP contribution in [-0.2, 0) is 4.79 Å². The monoisotopic (exact) mass is 423 g/mol. The summed E-state index contributed by atoms with van der Waals surface area (Å²) < 4.78 is 0. The minimum absolute atomic E-state index is 0.160. The second-order valence-electron chi connectivity index (χ2n) is 8.54. The van der Waals surface area contributed by atoms with Crippen molar-refractivity contribution in [1.29, 1.82) is 0 Å². The van der Waals surface area contributed by atoms with Crippen molar-refractivity contribution in [2.45, 2.75) is 57.9 Å². The molecular formula is C23H31N6O2-. The first-order chi connectivity index (χ1) is 15.1. The van der Waals surface area contributed by atoms with Gasteiger partial charge in [-0.1, -0.05) is 29.8 Å². The second kappa shape index (κ2) is 9.94. The normalized spacial score (nSPS) is 18.0. The van der Waals surface area contributed by atoms with E-state index in [0.29, 0.717) is 17.8 Å². The maximum Gasteiger partial charge on any atom is 0.231 e. The van der Waals surface area contributed by atoms with E-state index >= 15 is 0 Å².